The summed E-state index contributed by atoms with van der Waals surface area (Å²) >= 11 is 0. The van der Waals surface area contributed by atoms with Crippen molar-refractivity contribution in [1.29, 1.82) is 0 Å². The number of allylic oxidation sites excluding steroid dienone is 1. The van der Waals surface area contributed by atoms with Crippen LogP contribution >= 0.6 is 0 Å². The number of hydrogen-bond acceptors (Lipinski definition) is 13. The second kappa shape index (κ2) is 17.0. The number of rotatable bonds is 18. The van der Waals surface area contributed by atoms with Gasteiger partial charge in [-0.05, 0) is 71.2 Å². The topological polar surface area (TPSA) is 223 Å². The fourth-order valence-electron chi connectivity index (χ4n) is 5.02. The van der Waals surface area contributed by atoms with E-state index in [1.165, 1.54) is 12.8 Å². The SMILES string of the molecule is CN[C@@H](C)[C@@H](O)[C@H](OCCO)O[C@@H]1[C@@H](O)[C@H](O[C@@H]2CCC=C(CNCC3CC3)O2)[C@@H](N)C[C@H]1NC(=O)[C@H](O)CCN. The van der Waals surface area contributed by atoms with Gasteiger partial charge in [0.1, 0.15) is 36.3 Å². The molecule has 14 heteroatoms. The average molecular weight is 590 g/mol. The highest BCUT2D eigenvalue weighted by Gasteiger charge is 2.48. The van der Waals surface area contributed by atoms with Gasteiger partial charge in [-0.25, -0.2) is 0 Å². The van der Waals surface area contributed by atoms with Gasteiger partial charge in [-0.3, -0.25) is 4.79 Å². The Morgan fingerprint density at radius 1 is 1.24 bits per heavy atom. The average Bonchev–Trinajstić information content (AvgIpc) is 3.78. The van der Waals surface area contributed by atoms with Crippen LogP contribution in [0.3, 0.4) is 0 Å². The Labute approximate surface area is 242 Å². The summed E-state index contributed by atoms with van der Waals surface area (Å²) in [5.41, 5.74) is 12.0. The molecule has 1 heterocycles. The lowest BCUT2D eigenvalue weighted by molar-refractivity contribution is -0.271. The van der Waals surface area contributed by atoms with Crippen molar-refractivity contribution in [2.75, 3.05) is 39.9 Å². The lowest BCUT2D eigenvalue weighted by Crippen LogP contribution is -2.66. The molecule has 0 aromatic carbocycles. The van der Waals surface area contributed by atoms with Gasteiger partial charge in [0.05, 0.1) is 25.8 Å². The summed E-state index contributed by atoms with van der Waals surface area (Å²) in [6.07, 6.45) is -1.86. The van der Waals surface area contributed by atoms with E-state index in [2.05, 4.69) is 16.0 Å². The minimum absolute atomic E-state index is 0.0510. The molecule has 10 atom stereocenters. The first-order valence-corrected chi connectivity index (χ1v) is 14.8. The maximum Gasteiger partial charge on any atom is 0.249 e. The Morgan fingerprint density at radius 2 is 2.00 bits per heavy atom. The van der Waals surface area contributed by atoms with Gasteiger partial charge in [0, 0.05) is 18.5 Å². The molecule has 0 aromatic heterocycles. The van der Waals surface area contributed by atoms with Gasteiger partial charge >= 0.3 is 0 Å². The van der Waals surface area contributed by atoms with Crippen LogP contribution in [0.25, 0.3) is 0 Å². The lowest BCUT2D eigenvalue weighted by atomic mass is 9.83. The van der Waals surface area contributed by atoms with Crippen LogP contribution in [-0.4, -0.2) is 127 Å². The zero-order chi connectivity index (χ0) is 29.9. The maximum absolute atomic E-state index is 12.7. The van der Waals surface area contributed by atoms with E-state index in [1.54, 1.807) is 14.0 Å². The number of ether oxygens (including phenoxy) is 4. The van der Waals surface area contributed by atoms with Gasteiger partial charge in [0.25, 0.3) is 0 Å². The Balaban J connectivity index is 1.73. The fourth-order valence-corrected chi connectivity index (χ4v) is 5.02. The highest BCUT2D eigenvalue weighted by molar-refractivity contribution is 5.80. The summed E-state index contributed by atoms with van der Waals surface area (Å²) in [4.78, 5) is 12.7. The van der Waals surface area contributed by atoms with Crippen LogP contribution in [0, 0.1) is 5.92 Å². The molecule has 3 rings (SSSR count). The highest BCUT2D eigenvalue weighted by atomic mass is 16.7. The second-order valence-corrected chi connectivity index (χ2v) is 11.2. The molecule has 0 spiro atoms. The Hall–Kier alpha value is -1.43. The predicted octanol–water partition coefficient (Wildman–Crippen LogP) is -2.63. The van der Waals surface area contributed by atoms with Crippen molar-refractivity contribution in [3.63, 3.8) is 0 Å². The standard InChI is InChI=1S/C27H51N5O9/c1-15(30-2)22(35)27(38-11-10-33)41-25-19(32-26(37)20(34)8-9-28)12-18(29)24(23(25)36)40-21-5-3-4-17(39-21)14-31-13-16-6-7-16/h4,15-16,18-25,27,30-31,33-36H,3,5-14,28-29H2,1-2H3,(H,32,37)/t15-,18-,19+,20+,21+,22+,23-,24+,25-,27+/m0/s1. The summed E-state index contributed by atoms with van der Waals surface area (Å²) in [7, 11) is 1.66. The van der Waals surface area contributed by atoms with E-state index >= 15 is 0 Å². The van der Waals surface area contributed by atoms with E-state index in [4.69, 9.17) is 30.4 Å². The molecule has 0 unspecified atom stereocenters. The number of hydrogen-bond donors (Lipinski definition) is 9. The number of likely N-dealkylation sites (N-methyl/N-ethyl adjacent to an activating group) is 1. The maximum atomic E-state index is 12.7. The van der Waals surface area contributed by atoms with E-state index in [-0.39, 0.29) is 32.6 Å². The van der Waals surface area contributed by atoms with Crippen LogP contribution in [0.5, 0.6) is 0 Å². The summed E-state index contributed by atoms with van der Waals surface area (Å²) in [6.45, 7) is 2.91. The molecular weight excluding hydrogens is 538 g/mol. The molecule has 41 heavy (non-hydrogen) atoms. The van der Waals surface area contributed by atoms with Gasteiger partial charge in [-0.1, -0.05) is 0 Å². The Morgan fingerprint density at radius 3 is 2.66 bits per heavy atom. The Kier molecular flexibility index (Phi) is 14.1. The summed E-state index contributed by atoms with van der Waals surface area (Å²) in [5.74, 6) is 0.825. The molecule has 238 valence electrons. The molecule has 2 fully saturated rings. The zero-order valence-electron chi connectivity index (χ0n) is 24.2. The molecule has 1 aliphatic heterocycles. The molecule has 2 saturated carbocycles. The van der Waals surface area contributed by atoms with Crippen molar-refractivity contribution < 1.29 is 44.2 Å². The molecule has 0 aromatic rings. The number of nitrogens with one attached hydrogen (secondary N) is 3. The van der Waals surface area contributed by atoms with Gasteiger partial charge in [-0.2, -0.15) is 0 Å². The largest absolute Gasteiger partial charge is 0.468 e. The summed E-state index contributed by atoms with van der Waals surface area (Å²) in [5, 5.41) is 50.9. The van der Waals surface area contributed by atoms with E-state index in [9.17, 15) is 25.2 Å². The van der Waals surface area contributed by atoms with Gasteiger partial charge in [0.2, 0.25) is 5.91 Å². The minimum atomic E-state index is -1.36. The first kappa shape index (κ1) is 34.1. The minimum Gasteiger partial charge on any atom is -0.468 e. The number of carbonyl (C=O) groups is 1. The molecule has 2 aliphatic carbocycles. The molecule has 0 radical (unpaired) electrons. The normalized spacial score (nSPS) is 31.5. The molecule has 14 nitrogen and oxygen atoms in total. The summed E-state index contributed by atoms with van der Waals surface area (Å²) in [6, 6.07) is -2.04. The van der Waals surface area contributed by atoms with Crippen LogP contribution in [-0.2, 0) is 23.7 Å². The molecule has 1 amide bonds. The number of aliphatic hydroxyl groups is 4. The van der Waals surface area contributed by atoms with Crippen LogP contribution in [0.1, 0.15) is 45.4 Å². The van der Waals surface area contributed by atoms with E-state index < -0.39 is 67.1 Å². The number of aliphatic hydroxyl groups excluding tert-OH is 4. The van der Waals surface area contributed by atoms with E-state index in [0.29, 0.717) is 13.0 Å². The predicted molar refractivity (Wildman–Crippen MR) is 149 cm³/mol. The van der Waals surface area contributed by atoms with Crippen LogP contribution in [0.2, 0.25) is 0 Å². The summed E-state index contributed by atoms with van der Waals surface area (Å²) < 4.78 is 24.0. The molecule has 0 saturated heterocycles. The van der Waals surface area contributed by atoms with Crippen molar-refractivity contribution in [2.24, 2.45) is 17.4 Å². The first-order valence-electron chi connectivity index (χ1n) is 14.8. The lowest BCUT2D eigenvalue weighted by Gasteiger charge is -2.46. The smallest absolute Gasteiger partial charge is 0.249 e. The molecular formula is C27H51N5O9. The van der Waals surface area contributed by atoms with Crippen LogP contribution < -0.4 is 27.4 Å². The fraction of sp³-hybridized carbons (Fsp3) is 0.889. The molecule has 11 N–H and O–H groups in total. The van der Waals surface area contributed by atoms with Crippen molar-refractivity contribution >= 4 is 5.91 Å². The van der Waals surface area contributed by atoms with Crippen LogP contribution in [0.4, 0.5) is 0 Å². The molecule has 3 aliphatic rings. The van der Waals surface area contributed by atoms with Crippen molar-refractivity contribution in [2.45, 2.75) is 107 Å². The third kappa shape index (κ3) is 10.4. The first-order chi connectivity index (χ1) is 19.7. The third-order valence-corrected chi connectivity index (χ3v) is 7.79. The van der Waals surface area contributed by atoms with Crippen molar-refractivity contribution in [3.8, 4) is 0 Å². The third-order valence-electron chi connectivity index (χ3n) is 7.79. The zero-order valence-corrected chi connectivity index (χ0v) is 24.2. The van der Waals surface area contributed by atoms with Gasteiger partial charge in [0.15, 0.2) is 12.6 Å². The van der Waals surface area contributed by atoms with E-state index in [0.717, 1.165) is 24.6 Å². The van der Waals surface area contributed by atoms with Gasteiger partial charge in [-0.15, -0.1) is 0 Å². The van der Waals surface area contributed by atoms with Gasteiger partial charge < -0.3 is 66.8 Å². The Bertz CT molecular complexity index is 820. The second-order valence-electron chi connectivity index (χ2n) is 11.2. The van der Waals surface area contributed by atoms with Crippen molar-refractivity contribution in [3.05, 3.63) is 11.8 Å². The van der Waals surface area contributed by atoms with Crippen LogP contribution in [0.15, 0.2) is 11.8 Å². The number of carbonyl (C=O) groups excluding carboxylic acids is 1. The number of nitrogens with two attached hydrogens (primary N) is 2. The monoisotopic (exact) mass is 589 g/mol. The quantitative estimate of drug-likeness (QED) is 0.0747. The highest BCUT2D eigenvalue weighted by Crippen LogP contribution is 2.30. The van der Waals surface area contributed by atoms with E-state index in [1.807, 2.05) is 6.08 Å². The molecule has 0 bridgehead atoms. The number of amides is 1. The van der Waals surface area contributed by atoms with Crippen molar-refractivity contribution in [1.82, 2.24) is 16.0 Å².